The van der Waals surface area contributed by atoms with Crippen LogP contribution in [0.3, 0.4) is 0 Å². The van der Waals surface area contributed by atoms with Crippen molar-refractivity contribution < 1.29 is 0 Å². The summed E-state index contributed by atoms with van der Waals surface area (Å²) in [6, 6.07) is 2.60. The van der Waals surface area contributed by atoms with Gasteiger partial charge in [-0.05, 0) is 18.8 Å². The molecule has 3 nitrogen and oxygen atoms in total. The van der Waals surface area contributed by atoms with Crippen LogP contribution in [0.2, 0.25) is 0 Å². The monoisotopic (exact) mass is 209 g/mol. The Morgan fingerprint density at radius 3 is 2.67 bits per heavy atom. The fraction of sp³-hybridized carbons (Fsp3) is 0.750. The molecule has 0 aliphatic carbocycles. The van der Waals surface area contributed by atoms with Crippen LogP contribution in [-0.2, 0) is 6.54 Å². The topological polar surface area (TPSA) is 29.9 Å². The fourth-order valence-electron chi connectivity index (χ4n) is 1.78. The molecule has 0 saturated carbocycles. The summed E-state index contributed by atoms with van der Waals surface area (Å²) in [5, 5.41) is 7.87. The van der Waals surface area contributed by atoms with Gasteiger partial charge in [0.15, 0.2) is 0 Å². The molecule has 1 aromatic rings. The largest absolute Gasteiger partial charge is 0.367 e. The zero-order valence-electron chi connectivity index (χ0n) is 10.3. The van der Waals surface area contributed by atoms with E-state index in [0.29, 0.717) is 12.0 Å². The predicted molar refractivity (Wildman–Crippen MR) is 65.1 cm³/mol. The van der Waals surface area contributed by atoms with Crippen LogP contribution < -0.4 is 5.32 Å². The van der Waals surface area contributed by atoms with E-state index < -0.39 is 0 Å². The number of nitrogens with zero attached hydrogens (tertiary/aromatic N) is 2. The highest BCUT2D eigenvalue weighted by atomic mass is 15.3. The Kier molecular flexibility index (Phi) is 4.66. The number of aromatic nitrogens is 2. The van der Waals surface area contributed by atoms with Crippen molar-refractivity contribution >= 4 is 5.82 Å². The van der Waals surface area contributed by atoms with Crippen molar-refractivity contribution in [3.05, 3.63) is 12.3 Å². The zero-order valence-corrected chi connectivity index (χ0v) is 10.3. The molecule has 1 aromatic heterocycles. The molecular formula is C12H23N3. The molecule has 0 bridgehead atoms. The van der Waals surface area contributed by atoms with Crippen LogP contribution in [0.5, 0.6) is 0 Å². The molecule has 1 heterocycles. The number of hydrogen-bond acceptors (Lipinski definition) is 2. The van der Waals surface area contributed by atoms with E-state index in [1.807, 2.05) is 10.9 Å². The van der Waals surface area contributed by atoms with Crippen molar-refractivity contribution in [2.45, 2.75) is 53.1 Å². The predicted octanol–water partition coefficient (Wildman–Crippen LogP) is 3.14. The van der Waals surface area contributed by atoms with Gasteiger partial charge in [-0.15, -0.1) is 0 Å². The molecule has 0 amide bonds. The quantitative estimate of drug-likeness (QED) is 0.780. The fourth-order valence-corrected chi connectivity index (χ4v) is 1.78. The van der Waals surface area contributed by atoms with Gasteiger partial charge in [-0.3, -0.25) is 0 Å². The number of anilines is 1. The maximum Gasteiger partial charge on any atom is 0.124 e. The number of hydrogen-bond donors (Lipinski definition) is 1. The molecule has 86 valence electrons. The molecule has 1 unspecified atom stereocenters. The summed E-state index contributed by atoms with van der Waals surface area (Å²) in [6.45, 7) is 9.89. The van der Waals surface area contributed by atoms with Crippen molar-refractivity contribution in [3.8, 4) is 0 Å². The Morgan fingerprint density at radius 2 is 2.13 bits per heavy atom. The second-order valence-corrected chi connectivity index (χ2v) is 4.34. The second-order valence-electron chi connectivity index (χ2n) is 4.34. The van der Waals surface area contributed by atoms with Crippen LogP contribution in [0.15, 0.2) is 12.3 Å². The summed E-state index contributed by atoms with van der Waals surface area (Å²) in [6.07, 6.45) is 4.13. The average molecular weight is 209 g/mol. The summed E-state index contributed by atoms with van der Waals surface area (Å²) in [4.78, 5) is 0. The Hall–Kier alpha value is -0.990. The van der Waals surface area contributed by atoms with Crippen LogP contribution in [-0.4, -0.2) is 15.8 Å². The van der Waals surface area contributed by atoms with Crippen LogP contribution in [0.25, 0.3) is 0 Å². The van der Waals surface area contributed by atoms with Crippen LogP contribution in [0.1, 0.15) is 40.5 Å². The first kappa shape index (κ1) is 12.1. The molecule has 15 heavy (non-hydrogen) atoms. The van der Waals surface area contributed by atoms with Crippen molar-refractivity contribution in [1.29, 1.82) is 0 Å². The van der Waals surface area contributed by atoms with Crippen molar-refractivity contribution in [1.82, 2.24) is 9.78 Å². The molecule has 1 atom stereocenters. The van der Waals surface area contributed by atoms with E-state index in [2.05, 4.69) is 44.2 Å². The third kappa shape index (κ3) is 3.26. The average Bonchev–Trinajstić information content (AvgIpc) is 2.62. The molecule has 1 N–H and O–H groups in total. The van der Waals surface area contributed by atoms with Crippen LogP contribution in [0, 0.1) is 5.92 Å². The van der Waals surface area contributed by atoms with Crippen LogP contribution >= 0.6 is 0 Å². The van der Waals surface area contributed by atoms with Gasteiger partial charge < -0.3 is 5.32 Å². The van der Waals surface area contributed by atoms with E-state index in [1.54, 1.807) is 0 Å². The first-order chi connectivity index (χ1) is 7.19. The van der Waals surface area contributed by atoms with E-state index in [4.69, 9.17) is 0 Å². The summed E-state index contributed by atoms with van der Waals surface area (Å²) >= 11 is 0. The molecule has 0 aliphatic heterocycles. The normalized spacial score (nSPS) is 13.1. The van der Waals surface area contributed by atoms with Gasteiger partial charge in [0.05, 0.1) is 6.20 Å². The maximum absolute atomic E-state index is 4.31. The SMILES string of the molecule is CCCn1nccc1NC(CC)C(C)C. The lowest BCUT2D eigenvalue weighted by Crippen LogP contribution is -2.26. The van der Waals surface area contributed by atoms with E-state index in [1.165, 1.54) is 0 Å². The lowest BCUT2D eigenvalue weighted by atomic mass is 10.0. The van der Waals surface area contributed by atoms with Gasteiger partial charge in [0.25, 0.3) is 0 Å². The minimum absolute atomic E-state index is 0.539. The molecule has 0 saturated heterocycles. The van der Waals surface area contributed by atoms with Gasteiger partial charge in [0.1, 0.15) is 5.82 Å². The van der Waals surface area contributed by atoms with Crippen molar-refractivity contribution in [2.75, 3.05) is 5.32 Å². The lowest BCUT2D eigenvalue weighted by molar-refractivity contribution is 0.501. The number of aryl methyl sites for hydroxylation is 1. The lowest BCUT2D eigenvalue weighted by Gasteiger charge is -2.22. The van der Waals surface area contributed by atoms with Gasteiger partial charge in [-0.25, -0.2) is 4.68 Å². The first-order valence-corrected chi connectivity index (χ1v) is 5.97. The first-order valence-electron chi connectivity index (χ1n) is 5.97. The molecule has 0 aliphatic rings. The van der Waals surface area contributed by atoms with E-state index >= 15 is 0 Å². The molecule has 0 spiro atoms. The Balaban J connectivity index is 2.65. The van der Waals surface area contributed by atoms with Gasteiger partial charge in [-0.2, -0.15) is 5.10 Å². The van der Waals surface area contributed by atoms with E-state index in [0.717, 1.165) is 25.2 Å². The van der Waals surface area contributed by atoms with Gasteiger partial charge in [0.2, 0.25) is 0 Å². The van der Waals surface area contributed by atoms with Crippen molar-refractivity contribution in [2.24, 2.45) is 5.92 Å². The molecule has 0 aromatic carbocycles. The minimum Gasteiger partial charge on any atom is -0.367 e. The van der Waals surface area contributed by atoms with Crippen LogP contribution in [0.4, 0.5) is 5.82 Å². The molecule has 0 fully saturated rings. The maximum atomic E-state index is 4.31. The van der Waals surface area contributed by atoms with E-state index in [-0.39, 0.29) is 0 Å². The molecular weight excluding hydrogens is 186 g/mol. The zero-order chi connectivity index (χ0) is 11.3. The Bertz CT molecular complexity index is 278. The molecule has 3 heteroatoms. The molecule has 0 radical (unpaired) electrons. The van der Waals surface area contributed by atoms with Gasteiger partial charge >= 0.3 is 0 Å². The minimum atomic E-state index is 0.539. The third-order valence-electron chi connectivity index (χ3n) is 2.73. The molecule has 1 rings (SSSR count). The van der Waals surface area contributed by atoms with E-state index in [9.17, 15) is 0 Å². The van der Waals surface area contributed by atoms with Crippen molar-refractivity contribution in [3.63, 3.8) is 0 Å². The third-order valence-corrected chi connectivity index (χ3v) is 2.73. The Labute approximate surface area is 92.9 Å². The highest BCUT2D eigenvalue weighted by Crippen LogP contribution is 2.14. The Morgan fingerprint density at radius 1 is 1.40 bits per heavy atom. The second kappa shape index (κ2) is 5.79. The summed E-state index contributed by atoms with van der Waals surface area (Å²) in [5.74, 6) is 1.80. The van der Waals surface area contributed by atoms with Gasteiger partial charge in [-0.1, -0.05) is 27.7 Å². The summed E-state index contributed by atoms with van der Waals surface area (Å²) < 4.78 is 2.05. The summed E-state index contributed by atoms with van der Waals surface area (Å²) in [7, 11) is 0. The highest BCUT2D eigenvalue weighted by molar-refractivity contribution is 5.35. The number of nitrogens with one attached hydrogen (secondary N) is 1. The van der Waals surface area contributed by atoms with Gasteiger partial charge in [0, 0.05) is 18.7 Å². The number of rotatable bonds is 6. The standard InChI is InChI=1S/C12H23N3/c1-5-9-15-12(7-8-13-15)14-11(6-2)10(3)4/h7-8,10-11,14H,5-6,9H2,1-4H3. The summed E-state index contributed by atoms with van der Waals surface area (Å²) in [5.41, 5.74) is 0. The smallest absolute Gasteiger partial charge is 0.124 e. The highest BCUT2D eigenvalue weighted by Gasteiger charge is 2.12.